The fourth-order valence-electron chi connectivity index (χ4n) is 0.720. The van der Waals surface area contributed by atoms with Gasteiger partial charge in [-0.25, -0.2) is 28.1 Å². The molecule has 0 saturated heterocycles. The van der Waals surface area contributed by atoms with E-state index in [0.29, 0.717) is 0 Å². The molecule has 3 atom stereocenters. The van der Waals surface area contributed by atoms with Crippen molar-refractivity contribution in [1.82, 2.24) is 15.0 Å². The van der Waals surface area contributed by atoms with E-state index in [1.165, 1.54) is 0 Å². The molecular weight excluding hydrogens is 277 g/mol. The largest absolute Gasteiger partial charge is 0.232 e. The van der Waals surface area contributed by atoms with Crippen LogP contribution < -0.4 is 0 Å². The van der Waals surface area contributed by atoms with E-state index in [1.54, 1.807) is 0 Å². The molecule has 1 aromatic rings. The summed E-state index contributed by atoms with van der Waals surface area (Å²) in [5.41, 5.74) is -6.34. The molecule has 0 radical (unpaired) electrons. The highest BCUT2D eigenvalue weighted by Crippen LogP contribution is 2.26. The Labute approximate surface area is 97.6 Å². The number of aromatic nitrogens is 3. The summed E-state index contributed by atoms with van der Waals surface area (Å²) in [6.07, 6.45) is 0. The monoisotopic (exact) mass is 279 g/mol. The third kappa shape index (κ3) is 3.32. The van der Waals surface area contributed by atoms with Gasteiger partial charge in [0.1, 0.15) is 0 Å². The molecule has 15 heavy (non-hydrogen) atoms. The minimum atomic E-state index is -2.11. The molecule has 0 amide bonds. The number of hydrogen-bond acceptors (Lipinski definition) is 3. The topological polar surface area (TPSA) is 38.7 Å². The molecule has 0 fully saturated rings. The van der Waals surface area contributed by atoms with Crippen molar-refractivity contribution in [2.75, 3.05) is 0 Å². The van der Waals surface area contributed by atoms with E-state index in [4.69, 9.17) is 34.8 Å². The summed E-state index contributed by atoms with van der Waals surface area (Å²) in [5.74, 6) is -1.91. The van der Waals surface area contributed by atoms with Crippen LogP contribution in [0.25, 0.3) is 0 Å². The van der Waals surface area contributed by atoms with Crippen molar-refractivity contribution in [3.8, 4) is 0 Å². The Balaban J connectivity index is 3.20. The maximum Gasteiger partial charge on any atom is 0.232 e. The number of halogens is 6. The highest BCUT2D eigenvalue weighted by atomic mass is 35.5. The van der Waals surface area contributed by atoms with E-state index in [-0.39, 0.29) is 0 Å². The molecule has 84 valence electrons. The average Bonchev–Trinajstić information content (AvgIpc) is 2.16. The van der Waals surface area contributed by atoms with Gasteiger partial charge in [-0.1, -0.05) is 34.8 Å². The first kappa shape index (κ1) is 12.7. The summed E-state index contributed by atoms with van der Waals surface area (Å²) in [7, 11) is 0. The summed E-state index contributed by atoms with van der Waals surface area (Å²) in [4.78, 5) is 9.76. The Kier molecular flexibility index (Phi) is 4.36. The fraction of sp³-hybridized carbons (Fsp3) is 0.500. The zero-order chi connectivity index (χ0) is 11.6. The van der Waals surface area contributed by atoms with E-state index in [9.17, 15) is 13.2 Å². The second-order valence-electron chi connectivity index (χ2n) is 2.31. The lowest BCUT2D eigenvalue weighted by atomic mass is 10.5. The lowest BCUT2D eigenvalue weighted by Gasteiger charge is -2.06. The lowest BCUT2D eigenvalue weighted by Crippen LogP contribution is -2.08. The molecule has 1 rings (SSSR count). The standard InChI is InChI=1S/C6H3Cl3F3N3/c7-1(10)4-13-5(2(8)11)15-6(14-4)3(9)12/h1-3H. The van der Waals surface area contributed by atoms with Crippen LogP contribution in [0.15, 0.2) is 0 Å². The van der Waals surface area contributed by atoms with Crippen LogP contribution in [0.1, 0.15) is 34.4 Å². The van der Waals surface area contributed by atoms with Gasteiger partial charge in [-0.15, -0.1) is 0 Å². The van der Waals surface area contributed by atoms with Crippen LogP contribution in [0.5, 0.6) is 0 Å². The maximum atomic E-state index is 12.6. The summed E-state index contributed by atoms with van der Waals surface area (Å²) in [6, 6.07) is 0. The van der Waals surface area contributed by atoms with Gasteiger partial charge in [-0.3, -0.25) is 0 Å². The second kappa shape index (κ2) is 5.14. The second-order valence-corrected chi connectivity index (χ2v) is 3.46. The van der Waals surface area contributed by atoms with Crippen molar-refractivity contribution in [2.24, 2.45) is 0 Å². The highest BCUT2D eigenvalue weighted by Gasteiger charge is 2.20. The fourth-order valence-corrected chi connectivity index (χ4v) is 1.01. The quantitative estimate of drug-likeness (QED) is 0.796. The van der Waals surface area contributed by atoms with Gasteiger partial charge in [0, 0.05) is 0 Å². The van der Waals surface area contributed by atoms with Crippen LogP contribution in [-0.4, -0.2) is 15.0 Å². The van der Waals surface area contributed by atoms with Gasteiger partial charge in [-0.2, -0.15) is 0 Å². The van der Waals surface area contributed by atoms with E-state index < -0.39 is 34.4 Å². The van der Waals surface area contributed by atoms with Crippen LogP contribution in [0.2, 0.25) is 0 Å². The van der Waals surface area contributed by atoms with Gasteiger partial charge in [0.15, 0.2) is 17.5 Å². The van der Waals surface area contributed by atoms with Crippen molar-refractivity contribution < 1.29 is 13.2 Å². The van der Waals surface area contributed by atoms with Crippen molar-refractivity contribution in [3.05, 3.63) is 17.5 Å². The van der Waals surface area contributed by atoms with E-state index >= 15 is 0 Å². The first-order valence-corrected chi connectivity index (χ1v) is 4.83. The summed E-state index contributed by atoms with van der Waals surface area (Å²) in [6.45, 7) is 0. The molecule has 0 aromatic carbocycles. The van der Waals surface area contributed by atoms with Crippen LogP contribution in [-0.2, 0) is 0 Å². The predicted molar refractivity (Wildman–Crippen MR) is 48.9 cm³/mol. The summed E-state index contributed by atoms with van der Waals surface area (Å²) < 4.78 is 37.8. The molecule has 0 spiro atoms. The summed E-state index contributed by atoms with van der Waals surface area (Å²) in [5, 5.41) is 0. The Morgan fingerprint density at radius 2 is 0.867 bits per heavy atom. The van der Waals surface area contributed by atoms with Gasteiger partial charge < -0.3 is 0 Å². The number of hydrogen-bond donors (Lipinski definition) is 0. The highest BCUT2D eigenvalue weighted by molar-refractivity contribution is 6.20. The Bertz CT molecular complexity index is 283. The number of nitrogens with zero attached hydrogens (tertiary/aromatic N) is 3. The number of alkyl halides is 6. The first-order valence-electron chi connectivity index (χ1n) is 3.52. The summed E-state index contributed by atoms with van der Waals surface area (Å²) >= 11 is 15.0. The minimum Gasteiger partial charge on any atom is -0.221 e. The zero-order valence-electron chi connectivity index (χ0n) is 6.84. The van der Waals surface area contributed by atoms with Crippen LogP contribution in [0, 0.1) is 0 Å². The lowest BCUT2D eigenvalue weighted by molar-refractivity contribution is 0.393. The Morgan fingerprint density at radius 3 is 1.00 bits per heavy atom. The van der Waals surface area contributed by atoms with Gasteiger partial charge in [0.25, 0.3) is 0 Å². The van der Waals surface area contributed by atoms with Crippen LogP contribution in [0.3, 0.4) is 0 Å². The number of rotatable bonds is 3. The van der Waals surface area contributed by atoms with Gasteiger partial charge in [-0.05, 0) is 0 Å². The molecule has 1 aromatic heterocycles. The molecule has 3 nitrogen and oxygen atoms in total. The third-order valence-corrected chi connectivity index (χ3v) is 1.86. The molecule has 1 heterocycles. The van der Waals surface area contributed by atoms with E-state index in [0.717, 1.165) is 0 Å². The first-order chi connectivity index (χ1) is 6.91. The van der Waals surface area contributed by atoms with Crippen LogP contribution >= 0.6 is 34.8 Å². The van der Waals surface area contributed by atoms with E-state index in [1.807, 2.05) is 0 Å². The molecule has 3 unspecified atom stereocenters. The van der Waals surface area contributed by atoms with Gasteiger partial charge in [0.05, 0.1) is 0 Å². The molecule has 0 aliphatic heterocycles. The molecule has 9 heteroatoms. The maximum absolute atomic E-state index is 12.6. The van der Waals surface area contributed by atoms with Crippen molar-refractivity contribution in [2.45, 2.75) is 16.9 Å². The molecule has 0 saturated carbocycles. The smallest absolute Gasteiger partial charge is 0.221 e. The molecule has 0 aliphatic rings. The predicted octanol–water partition coefficient (Wildman–Crippen LogP) is 3.49. The van der Waals surface area contributed by atoms with Crippen molar-refractivity contribution in [1.29, 1.82) is 0 Å². The normalized spacial score (nSPS) is 17.2. The molecular formula is C6H3Cl3F3N3. The molecule has 0 aliphatic carbocycles. The van der Waals surface area contributed by atoms with Gasteiger partial charge >= 0.3 is 0 Å². The van der Waals surface area contributed by atoms with Crippen molar-refractivity contribution in [3.63, 3.8) is 0 Å². The Morgan fingerprint density at radius 1 is 0.667 bits per heavy atom. The molecule has 0 N–H and O–H groups in total. The SMILES string of the molecule is FC(Cl)c1nc(C(F)Cl)nc(C(F)Cl)n1. The average molecular weight is 280 g/mol. The Hall–Kier alpha value is -0.330. The minimum absolute atomic E-state index is 0.636. The van der Waals surface area contributed by atoms with E-state index in [2.05, 4.69) is 15.0 Å². The zero-order valence-corrected chi connectivity index (χ0v) is 9.11. The molecule has 0 bridgehead atoms. The van der Waals surface area contributed by atoms with Gasteiger partial charge in [0.2, 0.25) is 16.9 Å². The van der Waals surface area contributed by atoms with Crippen LogP contribution in [0.4, 0.5) is 13.2 Å². The third-order valence-electron chi connectivity index (χ3n) is 1.27. The van der Waals surface area contributed by atoms with Crippen molar-refractivity contribution >= 4 is 34.8 Å².